The van der Waals surface area contributed by atoms with Crippen molar-refractivity contribution in [3.05, 3.63) is 12.0 Å². The largest absolute Gasteiger partial charge is 0.395 e. The highest BCUT2D eigenvalue weighted by atomic mass is 32.2. The van der Waals surface area contributed by atoms with Crippen LogP contribution in [-0.4, -0.2) is 25.6 Å². The van der Waals surface area contributed by atoms with Gasteiger partial charge in [-0.15, -0.1) is 0 Å². The van der Waals surface area contributed by atoms with Gasteiger partial charge in [-0.05, 0) is 0 Å². The molecule has 1 rings (SSSR count). The Bertz CT molecular complexity index is 355. The fraction of sp³-hybridized carbons (Fsp3) is 0.500. The number of rotatable bonds is 3. The quantitative estimate of drug-likeness (QED) is 0.716. The van der Waals surface area contributed by atoms with Crippen LogP contribution in [0.5, 0.6) is 0 Å². The lowest BCUT2D eigenvalue weighted by atomic mass is 10.3. The Labute approximate surface area is 70.5 Å². The summed E-state index contributed by atoms with van der Waals surface area (Å²) in [5, 5.41) is 3.43. The number of hydrogen-bond acceptors (Lipinski definition) is 5. The van der Waals surface area contributed by atoms with E-state index in [1.165, 1.54) is 12.5 Å². The summed E-state index contributed by atoms with van der Waals surface area (Å²) in [6, 6.07) is 0. The number of aromatic nitrogens is 1. The van der Waals surface area contributed by atoms with Crippen molar-refractivity contribution in [1.29, 1.82) is 0 Å². The van der Waals surface area contributed by atoms with Gasteiger partial charge in [-0.25, -0.2) is 8.42 Å². The third-order valence-electron chi connectivity index (χ3n) is 1.38. The number of sulfone groups is 1. The van der Waals surface area contributed by atoms with E-state index >= 15 is 0 Å². The summed E-state index contributed by atoms with van der Waals surface area (Å²) in [6.07, 6.45) is 2.81. The highest BCUT2D eigenvalue weighted by Crippen LogP contribution is 2.10. The van der Waals surface area contributed by atoms with Gasteiger partial charge in [0.25, 0.3) is 0 Å². The summed E-state index contributed by atoms with van der Waals surface area (Å²) in [6.45, 7) is 0. The second-order valence-corrected chi connectivity index (χ2v) is 4.84. The minimum absolute atomic E-state index is 0.0341. The van der Waals surface area contributed by atoms with Gasteiger partial charge in [-0.1, -0.05) is 5.16 Å². The molecule has 0 atom stereocenters. The van der Waals surface area contributed by atoms with Crippen molar-refractivity contribution in [3.63, 3.8) is 0 Å². The lowest BCUT2D eigenvalue weighted by Crippen LogP contribution is -2.06. The zero-order valence-corrected chi connectivity index (χ0v) is 7.47. The maximum Gasteiger partial charge on any atom is 0.160 e. The van der Waals surface area contributed by atoms with Gasteiger partial charge in [-0.2, -0.15) is 0 Å². The van der Waals surface area contributed by atoms with E-state index in [2.05, 4.69) is 5.16 Å². The molecular weight excluding hydrogens is 180 g/mol. The molecule has 0 amide bonds. The molecule has 0 bridgehead atoms. The van der Waals surface area contributed by atoms with Crippen LogP contribution in [0.1, 0.15) is 5.76 Å². The normalized spacial score (nSPS) is 11.8. The maximum atomic E-state index is 10.7. The van der Waals surface area contributed by atoms with Crippen LogP contribution in [0.15, 0.2) is 10.7 Å². The van der Waals surface area contributed by atoms with E-state index in [0.29, 0.717) is 11.4 Å². The average molecular weight is 190 g/mol. The molecule has 0 aliphatic heterocycles. The lowest BCUT2D eigenvalue weighted by molar-refractivity contribution is 0.387. The first-order chi connectivity index (χ1) is 5.49. The summed E-state index contributed by atoms with van der Waals surface area (Å²) >= 11 is 0. The summed E-state index contributed by atoms with van der Waals surface area (Å²) < 4.78 is 26.2. The van der Waals surface area contributed by atoms with E-state index in [1.807, 2.05) is 0 Å². The van der Waals surface area contributed by atoms with Gasteiger partial charge in [-0.3, -0.25) is 0 Å². The minimum atomic E-state index is -2.96. The topological polar surface area (TPSA) is 86.2 Å². The molecule has 5 nitrogen and oxygen atoms in total. The van der Waals surface area contributed by atoms with E-state index in [4.69, 9.17) is 10.3 Å². The minimum Gasteiger partial charge on any atom is -0.395 e. The zero-order valence-electron chi connectivity index (χ0n) is 6.65. The monoisotopic (exact) mass is 190 g/mol. The van der Waals surface area contributed by atoms with Crippen LogP contribution < -0.4 is 5.73 Å². The Morgan fingerprint density at radius 2 is 2.33 bits per heavy atom. The van der Waals surface area contributed by atoms with Crippen LogP contribution in [0.4, 0.5) is 5.69 Å². The third-order valence-corrected chi connectivity index (χ3v) is 2.32. The summed E-state index contributed by atoms with van der Waals surface area (Å²) in [5.41, 5.74) is 5.82. The first kappa shape index (κ1) is 9.05. The summed E-state index contributed by atoms with van der Waals surface area (Å²) in [5.74, 6) is 0.465. The molecule has 0 fully saturated rings. The standard InChI is InChI=1S/C6H10N2O3S/c1-12(9,10)3-2-6-5(7)4-8-11-6/h4H,2-3,7H2,1H3. The highest BCUT2D eigenvalue weighted by Gasteiger charge is 2.08. The average Bonchev–Trinajstić information content (AvgIpc) is 2.29. The molecule has 0 aromatic carbocycles. The first-order valence-corrected chi connectivity index (χ1v) is 5.42. The van der Waals surface area contributed by atoms with Gasteiger partial charge in [0.05, 0.1) is 17.6 Å². The molecule has 0 aliphatic carbocycles. The second-order valence-electron chi connectivity index (χ2n) is 2.58. The molecule has 0 saturated carbocycles. The number of aryl methyl sites for hydroxylation is 1. The number of nitrogen functional groups attached to an aromatic ring is 1. The fourth-order valence-electron chi connectivity index (χ4n) is 0.740. The van der Waals surface area contributed by atoms with Gasteiger partial charge in [0, 0.05) is 12.7 Å². The fourth-order valence-corrected chi connectivity index (χ4v) is 1.30. The Morgan fingerprint density at radius 3 is 2.75 bits per heavy atom. The molecule has 1 aromatic rings. The summed E-state index contributed by atoms with van der Waals surface area (Å²) in [7, 11) is -2.96. The van der Waals surface area contributed by atoms with Crippen LogP contribution in [0.25, 0.3) is 0 Å². The van der Waals surface area contributed by atoms with Gasteiger partial charge in [0.1, 0.15) is 9.84 Å². The molecule has 0 unspecified atom stereocenters. The number of nitrogens with zero attached hydrogens (tertiary/aromatic N) is 1. The van der Waals surface area contributed by atoms with Crippen molar-refractivity contribution in [2.75, 3.05) is 17.7 Å². The number of nitrogens with two attached hydrogens (primary N) is 1. The smallest absolute Gasteiger partial charge is 0.160 e. The Kier molecular flexibility index (Phi) is 2.37. The van der Waals surface area contributed by atoms with Crippen molar-refractivity contribution < 1.29 is 12.9 Å². The molecule has 1 heterocycles. The Morgan fingerprint density at radius 1 is 1.67 bits per heavy atom. The van der Waals surface area contributed by atoms with E-state index < -0.39 is 9.84 Å². The van der Waals surface area contributed by atoms with Crippen molar-refractivity contribution in [2.45, 2.75) is 6.42 Å². The molecule has 0 saturated heterocycles. The molecule has 68 valence electrons. The molecule has 12 heavy (non-hydrogen) atoms. The van der Waals surface area contributed by atoms with E-state index in [0.717, 1.165) is 0 Å². The SMILES string of the molecule is CS(=O)(=O)CCc1oncc1N. The molecule has 0 radical (unpaired) electrons. The van der Waals surface area contributed by atoms with Crippen LogP contribution in [0, 0.1) is 0 Å². The Balaban J connectivity index is 2.61. The first-order valence-electron chi connectivity index (χ1n) is 3.36. The number of anilines is 1. The van der Waals surface area contributed by atoms with Crippen LogP contribution in [0.2, 0.25) is 0 Å². The zero-order chi connectivity index (χ0) is 9.19. The molecule has 6 heteroatoms. The third kappa shape index (κ3) is 2.54. The summed E-state index contributed by atoms with van der Waals surface area (Å²) in [4.78, 5) is 0. The van der Waals surface area contributed by atoms with E-state index in [9.17, 15) is 8.42 Å². The van der Waals surface area contributed by atoms with E-state index in [-0.39, 0.29) is 12.2 Å². The predicted molar refractivity (Wildman–Crippen MR) is 44.3 cm³/mol. The van der Waals surface area contributed by atoms with Crippen molar-refractivity contribution in [2.24, 2.45) is 0 Å². The van der Waals surface area contributed by atoms with Gasteiger partial charge in [0.15, 0.2) is 5.76 Å². The maximum absolute atomic E-state index is 10.7. The van der Waals surface area contributed by atoms with Crippen molar-refractivity contribution >= 4 is 15.5 Å². The van der Waals surface area contributed by atoms with Crippen LogP contribution in [0.3, 0.4) is 0 Å². The molecule has 0 aliphatic rings. The molecular formula is C6H10N2O3S. The van der Waals surface area contributed by atoms with Crippen molar-refractivity contribution in [1.82, 2.24) is 5.16 Å². The highest BCUT2D eigenvalue weighted by molar-refractivity contribution is 7.90. The number of hydrogen-bond donors (Lipinski definition) is 1. The second kappa shape index (κ2) is 3.14. The molecule has 0 spiro atoms. The molecule has 2 N–H and O–H groups in total. The van der Waals surface area contributed by atoms with Crippen LogP contribution in [-0.2, 0) is 16.3 Å². The van der Waals surface area contributed by atoms with E-state index in [1.54, 1.807) is 0 Å². The van der Waals surface area contributed by atoms with Crippen LogP contribution >= 0.6 is 0 Å². The van der Waals surface area contributed by atoms with Crippen molar-refractivity contribution in [3.8, 4) is 0 Å². The van der Waals surface area contributed by atoms with Gasteiger partial charge in [0.2, 0.25) is 0 Å². The Hall–Kier alpha value is -1.04. The lowest BCUT2D eigenvalue weighted by Gasteiger charge is -1.94. The molecule has 1 aromatic heterocycles. The predicted octanol–water partition coefficient (Wildman–Crippen LogP) is -0.156. The van der Waals surface area contributed by atoms with Gasteiger partial charge >= 0.3 is 0 Å². The van der Waals surface area contributed by atoms with Gasteiger partial charge < -0.3 is 10.3 Å².